The van der Waals surface area contributed by atoms with Gasteiger partial charge in [0.2, 0.25) is 5.91 Å². The fourth-order valence-corrected chi connectivity index (χ4v) is 1.62. The highest BCUT2D eigenvalue weighted by Crippen LogP contribution is 2.27. The minimum atomic E-state index is -4.72. The molecule has 1 unspecified atom stereocenters. The van der Waals surface area contributed by atoms with E-state index < -0.39 is 12.5 Å². The predicted octanol–water partition coefficient (Wildman–Crippen LogP) is 1.77. The molecule has 1 aromatic carbocycles. The lowest BCUT2D eigenvalue weighted by molar-refractivity contribution is -0.274. The number of nitrogens with one attached hydrogen (secondary N) is 1. The highest BCUT2D eigenvalue weighted by Gasteiger charge is 2.31. The molecule has 1 saturated heterocycles. The Morgan fingerprint density at radius 2 is 2.17 bits per heavy atom. The van der Waals surface area contributed by atoms with Crippen LogP contribution in [0.25, 0.3) is 0 Å². The van der Waals surface area contributed by atoms with Gasteiger partial charge in [-0.05, 0) is 17.7 Å². The van der Waals surface area contributed by atoms with Crippen molar-refractivity contribution in [3.8, 4) is 5.75 Å². The first-order valence-corrected chi connectivity index (χ1v) is 5.18. The maximum Gasteiger partial charge on any atom is 0.573 e. The molecule has 1 fully saturated rings. The van der Waals surface area contributed by atoms with Crippen molar-refractivity contribution in [1.29, 1.82) is 0 Å². The number of alkyl halides is 3. The summed E-state index contributed by atoms with van der Waals surface area (Å²) in [6.45, 7) is 0.128. The van der Waals surface area contributed by atoms with Crippen LogP contribution >= 0.6 is 0 Å². The molecule has 1 amide bonds. The number of carbonyl (C=O) groups excluding carboxylic acids is 1. The quantitative estimate of drug-likeness (QED) is 0.882. The molecule has 0 radical (unpaired) electrons. The molecule has 18 heavy (non-hydrogen) atoms. The van der Waals surface area contributed by atoms with E-state index in [2.05, 4.69) is 10.1 Å². The largest absolute Gasteiger partial charge is 0.573 e. The molecule has 1 aromatic rings. The molecule has 0 spiro atoms. The molecular weight excluding hydrogens is 251 g/mol. The Hall–Kier alpha value is -1.76. The summed E-state index contributed by atoms with van der Waals surface area (Å²) in [6, 6.07) is 5.51. The van der Waals surface area contributed by atoms with E-state index in [1.54, 1.807) is 6.07 Å². The van der Waals surface area contributed by atoms with Crippen LogP contribution in [-0.2, 0) is 9.53 Å². The topological polar surface area (TPSA) is 47.6 Å². The first-order valence-electron chi connectivity index (χ1n) is 5.18. The normalized spacial score (nSPS) is 20.4. The Balaban J connectivity index is 2.09. The Bertz CT molecular complexity index is 437. The van der Waals surface area contributed by atoms with Crippen LogP contribution in [-0.4, -0.2) is 25.4 Å². The molecule has 0 aliphatic carbocycles. The summed E-state index contributed by atoms with van der Waals surface area (Å²) in [5, 5.41) is 2.57. The zero-order chi connectivity index (χ0) is 13.2. The van der Waals surface area contributed by atoms with Gasteiger partial charge in [0.05, 0.1) is 0 Å². The van der Waals surface area contributed by atoms with Gasteiger partial charge in [0.1, 0.15) is 18.5 Å². The molecule has 1 aliphatic rings. The van der Waals surface area contributed by atoms with Crippen LogP contribution in [0.15, 0.2) is 24.3 Å². The monoisotopic (exact) mass is 261 g/mol. The number of hydrogen-bond donors (Lipinski definition) is 1. The van der Waals surface area contributed by atoms with Crippen molar-refractivity contribution < 1.29 is 27.4 Å². The summed E-state index contributed by atoms with van der Waals surface area (Å²) >= 11 is 0. The summed E-state index contributed by atoms with van der Waals surface area (Å²) in [7, 11) is 0. The van der Waals surface area contributed by atoms with Crippen LogP contribution < -0.4 is 10.1 Å². The van der Waals surface area contributed by atoms with Crippen molar-refractivity contribution in [1.82, 2.24) is 5.32 Å². The van der Waals surface area contributed by atoms with Gasteiger partial charge < -0.3 is 14.8 Å². The number of benzene rings is 1. The molecule has 0 saturated carbocycles. The molecule has 1 atom stereocenters. The number of hydrogen-bond acceptors (Lipinski definition) is 3. The Kier molecular flexibility index (Phi) is 3.42. The molecule has 0 bridgehead atoms. The summed E-state index contributed by atoms with van der Waals surface area (Å²) in [6.07, 6.45) is -5.18. The van der Waals surface area contributed by atoms with Gasteiger partial charge in [-0.2, -0.15) is 0 Å². The molecular formula is C11H10F3NO3. The lowest BCUT2D eigenvalue weighted by Gasteiger charge is -2.23. The number of morpholine rings is 1. The third-order valence-electron chi connectivity index (χ3n) is 2.36. The highest BCUT2D eigenvalue weighted by atomic mass is 19.4. The average molecular weight is 261 g/mol. The Morgan fingerprint density at radius 1 is 1.39 bits per heavy atom. The van der Waals surface area contributed by atoms with E-state index in [4.69, 9.17) is 4.74 Å². The zero-order valence-corrected chi connectivity index (χ0v) is 9.16. The molecule has 7 heteroatoms. The van der Waals surface area contributed by atoms with Crippen LogP contribution in [0.2, 0.25) is 0 Å². The number of amides is 1. The lowest BCUT2D eigenvalue weighted by atomic mass is 10.1. The van der Waals surface area contributed by atoms with E-state index >= 15 is 0 Å². The lowest BCUT2D eigenvalue weighted by Crippen LogP contribution is -2.38. The number of carbonyl (C=O) groups is 1. The number of halogens is 3. The zero-order valence-electron chi connectivity index (χ0n) is 9.16. The van der Waals surface area contributed by atoms with Crippen molar-refractivity contribution in [2.75, 3.05) is 13.2 Å². The van der Waals surface area contributed by atoms with E-state index in [9.17, 15) is 18.0 Å². The van der Waals surface area contributed by atoms with Gasteiger partial charge in [-0.15, -0.1) is 13.2 Å². The standard InChI is InChI=1S/C11H10F3NO3/c12-11(13,14)18-8-3-1-2-7(4-8)9-5-15-10(16)6-17-9/h1-4,9H,5-6H2,(H,15,16). The minimum Gasteiger partial charge on any atom is -0.406 e. The molecule has 1 aliphatic heterocycles. The van der Waals surface area contributed by atoms with Crippen LogP contribution in [0, 0.1) is 0 Å². The SMILES string of the molecule is O=C1COC(c2cccc(OC(F)(F)F)c2)CN1. The third-order valence-corrected chi connectivity index (χ3v) is 2.36. The smallest absolute Gasteiger partial charge is 0.406 e. The molecule has 98 valence electrons. The van der Waals surface area contributed by atoms with Crippen LogP contribution in [0.5, 0.6) is 5.75 Å². The fourth-order valence-electron chi connectivity index (χ4n) is 1.62. The van der Waals surface area contributed by atoms with E-state index in [1.807, 2.05) is 0 Å². The Labute approximate surface area is 101 Å². The predicted molar refractivity (Wildman–Crippen MR) is 54.8 cm³/mol. The van der Waals surface area contributed by atoms with Gasteiger partial charge in [0, 0.05) is 6.54 Å². The maximum atomic E-state index is 12.1. The Morgan fingerprint density at radius 3 is 2.78 bits per heavy atom. The molecule has 1 heterocycles. The van der Waals surface area contributed by atoms with Crippen molar-refractivity contribution in [2.45, 2.75) is 12.5 Å². The average Bonchev–Trinajstić information content (AvgIpc) is 2.28. The molecule has 4 nitrogen and oxygen atoms in total. The van der Waals surface area contributed by atoms with E-state index in [0.29, 0.717) is 5.56 Å². The van der Waals surface area contributed by atoms with Crippen LogP contribution in [0.3, 0.4) is 0 Å². The van der Waals surface area contributed by atoms with E-state index in [-0.39, 0.29) is 24.8 Å². The van der Waals surface area contributed by atoms with Crippen LogP contribution in [0.1, 0.15) is 11.7 Å². The summed E-state index contributed by atoms with van der Waals surface area (Å²) in [4.78, 5) is 10.9. The fraction of sp³-hybridized carbons (Fsp3) is 0.364. The van der Waals surface area contributed by atoms with Gasteiger partial charge >= 0.3 is 6.36 Å². The van der Waals surface area contributed by atoms with Crippen molar-refractivity contribution in [2.24, 2.45) is 0 Å². The van der Waals surface area contributed by atoms with Gasteiger partial charge in [0.15, 0.2) is 0 Å². The molecule has 2 rings (SSSR count). The summed E-state index contributed by atoms with van der Waals surface area (Å²) in [5.74, 6) is -0.547. The maximum absolute atomic E-state index is 12.1. The van der Waals surface area contributed by atoms with Gasteiger partial charge in [-0.3, -0.25) is 4.79 Å². The number of rotatable bonds is 2. The molecule has 1 N–H and O–H groups in total. The highest BCUT2D eigenvalue weighted by molar-refractivity contribution is 5.77. The number of ether oxygens (including phenoxy) is 2. The third kappa shape index (κ3) is 3.36. The van der Waals surface area contributed by atoms with Crippen molar-refractivity contribution >= 4 is 5.91 Å². The second kappa shape index (κ2) is 4.85. The van der Waals surface area contributed by atoms with Gasteiger partial charge in [-0.1, -0.05) is 12.1 Å². The van der Waals surface area contributed by atoms with Gasteiger partial charge in [-0.25, -0.2) is 0 Å². The minimum absolute atomic E-state index is 0.102. The van der Waals surface area contributed by atoms with Crippen molar-refractivity contribution in [3.05, 3.63) is 29.8 Å². The van der Waals surface area contributed by atoms with Crippen LogP contribution in [0.4, 0.5) is 13.2 Å². The first kappa shape index (κ1) is 12.7. The van der Waals surface area contributed by atoms with E-state index in [1.165, 1.54) is 18.2 Å². The van der Waals surface area contributed by atoms with E-state index in [0.717, 1.165) is 0 Å². The molecule has 0 aromatic heterocycles. The first-order chi connectivity index (χ1) is 8.44. The summed E-state index contributed by atoms with van der Waals surface area (Å²) in [5.41, 5.74) is 0.525. The second-order valence-electron chi connectivity index (χ2n) is 3.72. The van der Waals surface area contributed by atoms with Crippen molar-refractivity contribution in [3.63, 3.8) is 0 Å². The summed E-state index contributed by atoms with van der Waals surface area (Å²) < 4.78 is 45.2. The second-order valence-corrected chi connectivity index (χ2v) is 3.72. The van der Waals surface area contributed by atoms with Gasteiger partial charge in [0.25, 0.3) is 0 Å².